The molecule has 1 N–H and O–H groups in total. The van der Waals surface area contributed by atoms with Crippen molar-refractivity contribution in [3.8, 4) is 11.4 Å². The second-order valence-corrected chi connectivity index (χ2v) is 8.69. The van der Waals surface area contributed by atoms with Crippen LogP contribution in [0.1, 0.15) is 18.7 Å². The number of piperidine rings is 1. The van der Waals surface area contributed by atoms with Gasteiger partial charge in [-0.2, -0.15) is 4.98 Å². The Kier molecular flexibility index (Phi) is 6.46. The van der Waals surface area contributed by atoms with E-state index in [0.717, 1.165) is 40.8 Å². The minimum Gasteiger partial charge on any atom is -0.338 e. The Labute approximate surface area is 187 Å². The van der Waals surface area contributed by atoms with Crippen LogP contribution in [0, 0.1) is 9.49 Å². The largest absolute Gasteiger partial charge is 0.338 e. The zero-order valence-electron chi connectivity index (χ0n) is 15.6. The fourth-order valence-electron chi connectivity index (χ4n) is 3.39. The zero-order valence-corrected chi connectivity index (χ0v) is 18.6. The Morgan fingerprint density at radius 1 is 1.17 bits per heavy atom. The van der Waals surface area contributed by atoms with Crippen LogP contribution >= 0.6 is 34.2 Å². The average molecular weight is 523 g/mol. The van der Waals surface area contributed by atoms with Crippen LogP contribution in [0.2, 0.25) is 5.02 Å². The lowest BCUT2D eigenvalue weighted by molar-refractivity contribution is -0.121. The summed E-state index contributed by atoms with van der Waals surface area (Å²) >= 11 is 8.45. The van der Waals surface area contributed by atoms with E-state index in [1.807, 2.05) is 42.5 Å². The molecule has 2 aromatic carbocycles. The van der Waals surface area contributed by atoms with Crippen LogP contribution in [-0.2, 0) is 11.3 Å². The number of hydrogen-bond acceptors (Lipinski definition) is 5. The fourth-order valence-corrected chi connectivity index (χ4v) is 3.97. The van der Waals surface area contributed by atoms with Gasteiger partial charge in [-0.3, -0.25) is 9.69 Å². The van der Waals surface area contributed by atoms with Gasteiger partial charge in [-0.25, -0.2) is 0 Å². The highest BCUT2D eigenvalue weighted by molar-refractivity contribution is 14.1. The van der Waals surface area contributed by atoms with E-state index in [1.165, 1.54) is 0 Å². The van der Waals surface area contributed by atoms with E-state index in [4.69, 9.17) is 16.1 Å². The van der Waals surface area contributed by atoms with Gasteiger partial charge < -0.3 is 9.84 Å². The average Bonchev–Trinajstić information content (AvgIpc) is 3.19. The van der Waals surface area contributed by atoms with Crippen LogP contribution in [-0.4, -0.2) is 34.0 Å². The lowest BCUT2D eigenvalue weighted by Crippen LogP contribution is -2.37. The number of hydrogen-bond donors (Lipinski definition) is 1. The highest BCUT2D eigenvalue weighted by atomic mass is 127. The summed E-state index contributed by atoms with van der Waals surface area (Å²) in [6, 6.07) is 15.3. The smallest absolute Gasteiger partial charge is 0.241 e. The number of benzene rings is 2. The van der Waals surface area contributed by atoms with Gasteiger partial charge in [0, 0.05) is 20.7 Å². The molecule has 1 aliphatic rings. The van der Waals surface area contributed by atoms with Crippen LogP contribution < -0.4 is 5.32 Å². The van der Waals surface area contributed by atoms with Crippen molar-refractivity contribution < 1.29 is 9.32 Å². The predicted octanol–water partition coefficient (Wildman–Crippen LogP) is 4.85. The van der Waals surface area contributed by atoms with Gasteiger partial charge in [-0.1, -0.05) is 28.9 Å². The van der Waals surface area contributed by atoms with Crippen molar-refractivity contribution in [1.29, 1.82) is 0 Å². The summed E-state index contributed by atoms with van der Waals surface area (Å²) in [7, 11) is 0. The van der Waals surface area contributed by atoms with Gasteiger partial charge in [-0.05, 0) is 84.9 Å². The molecule has 1 saturated heterocycles. The van der Waals surface area contributed by atoms with Crippen LogP contribution in [0.15, 0.2) is 53.1 Å². The number of carbonyl (C=O) groups is 1. The third kappa shape index (κ3) is 5.15. The number of halogens is 2. The first-order valence-corrected chi connectivity index (χ1v) is 10.9. The predicted molar refractivity (Wildman–Crippen MR) is 121 cm³/mol. The molecular weight excluding hydrogens is 503 g/mol. The van der Waals surface area contributed by atoms with E-state index in [0.29, 0.717) is 23.3 Å². The van der Waals surface area contributed by atoms with Crippen molar-refractivity contribution in [1.82, 2.24) is 15.0 Å². The molecule has 8 heteroatoms. The Morgan fingerprint density at radius 2 is 1.90 bits per heavy atom. The van der Waals surface area contributed by atoms with Crippen molar-refractivity contribution in [2.24, 2.45) is 5.92 Å². The Morgan fingerprint density at radius 3 is 2.62 bits per heavy atom. The molecule has 0 aliphatic carbocycles. The molecule has 6 nitrogen and oxygen atoms in total. The summed E-state index contributed by atoms with van der Waals surface area (Å²) in [5.41, 5.74) is 1.60. The van der Waals surface area contributed by atoms with E-state index in [-0.39, 0.29) is 11.8 Å². The van der Waals surface area contributed by atoms with E-state index < -0.39 is 0 Å². The third-order valence-corrected chi connectivity index (χ3v) is 6.06. The van der Waals surface area contributed by atoms with Crippen molar-refractivity contribution in [3.05, 3.63) is 63.0 Å². The summed E-state index contributed by atoms with van der Waals surface area (Å²) in [6.45, 7) is 2.20. The van der Waals surface area contributed by atoms with E-state index in [2.05, 4.69) is 42.9 Å². The SMILES string of the molecule is O=C(Nc1ccc(I)cc1)C1CCN(Cc2nc(-c3ccccc3Cl)no2)CC1. The van der Waals surface area contributed by atoms with E-state index in [1.54, 1.807) is 6.07 Å². The van der Waals surface area contributed by atoms with Crippen LogP contribution in [0.3, 0.4) is 0 Å². The Hall–Kier alpha value is -1.97. The molecule has 2 heterocycles. The molecular formula is C21H20ClIN4O2. The first-order chi connectivity index (χ1) is 14.1. The monoisotopic (exact) mass is 522 g/mol. The van der Waals surface area contributed by atoms with Crippen molar-refractivity contribution in [3.63, 3.8) is 0 Å². The molecule has 4 rings (SSSR count). The van der Waals surface area contributed by atoms with Crippen molar-refractivity contribution >= 4 is 45.8 Å². The standard InChI is InChI=1S/C21H20ClIN4O2/c22-18-4-2-1-3-17(18)20-25-19(29-26-20)13-27-11-9-14(10-12-27)21(28)24-16-7-5-15(23)6-8-16/h1-8,14H,9-13H2,(H,24,28). The maximum Gasteiger partial charge on any atom is 0.241 e. The number of carbonyl (C=O) groups excluding carboxylic acids is 1. The Bertz CT molecular complexity index is 984. The molecule has 1 amide bonds. The molecule has 0 unspecified atom stereocenters. The molecule has 150 valence electrons. The third-order valence-electron chi connectivity index (χ3n) is 5.01. The number of nitrogens with zero attached hydrogens (tertiary/aromatic N) is 3. The lowest BCUT2D eigenvalue weighted by Gasteiger charge is -2.30. The molecule has 1 aromatic heterocycles. The number of aromatic nitrogens is 2. The number of anilines is 1. The molecule has 0 spiro atoms. The number of nitrogens with one attached hydrogen (secondary N) is 1. The fraction of sp³-hybridized carbons (Fsp3) is 0.286. The van der Waals surface area contributed by atoms with Crippen LogP contribution in [0.4, 0.5) is 5.69 Å². The summed E-state index contributed by atoms with van der Waals surface area (Å²) in [5, 5.41) is 7.66. The van der Waals surface area contributed by atoms with Crippen LogP contribution in [0.5, 0.6) is 0 Å². The van der Waals surface area contributed by atoms with Gasteiger partial charge >= 0.3 is 0 Å². The van der Waals surface area contributed by atoms with Gasteiger partial charge in [0.1, 0.15) is 0 Å². The molecule has 0 saturated carbocycles. The lowest BCUT2D eigenvalue weighted by atomic mass is 9.96. The topological polar surface area (TPSA) is 71.3 Å². The second kappa shape index (κ2) is 9.23. The highest BCUT2D eigenvalue weighted by Crippen LogP contribution is 2.26. The normalized spacial score (nSPS) is 15.4. The summed E-state index contributed by atoms with van der Waals surface area (Å²) in [6.07, 6.45) is 1.61. The van der Waals surface area contributed by atoms with Gasteiger partial charge in [-0.15, -0.1) is 0 Å². The van der Waals surface area contributed by atoms with Gasteiger partial charge in [0.15, 0.2) is 0 Å². The first kappa shape index (κ1) is 20.3. The van der Waals surface area contributed by atoms with E-state index in [9.17, 15) is 4.79 Å². The van der Waals surface area contributed by atoms with Gasteiger partial charge in [0.25, 0.3) is 0 Å². The Balaban J connectivity index is 1.29. The molecule has 3 aromatic rings. The number of likely N-dealkylation sites (tertiary alicyclic amines) is 1. The summed E-state index contributed by atoms with van der Waals surface area (Å²) < 4.78 is 6.54. The van der Waals surface area contributed by atoms with Crippen LogP contribution in [0.25, 0.3) is 11.4 Å². The molecule has 0 radical (unpaired) electrons. The first-order valence-electron chi connectivity index (χ1n) is 9.45. The van der Waals surface area contributed by atoms with Crippen molar-refractivity contribution in [2.75, 3.05) is 18.4 Å². The maximum atomic E-state index is 12.5. The molecule has 29 heavy (non-hydrogen) atoms. The van der Waals surface area contributed by atoms with E-state index >= 15 is 0 Å². The molecule has 1 fully saturated rings. The summed E-state index contributed by atoms with van der Waals surface area (Å²) in [5.74, 6) is 1.16. The van der Waals surface area contributed by atoms with Gasteiger partial charge in [0.05, 0.1) is 11.6 Å². The second-order valence-electron chi connectivity index (χ2n) is 7.04. The number of amides is 1. The maximum absolute atomic E-state index is 12.5. The highest BCUT2D eigenvalue weighted by Gasteiger charge is 2.26. The molecule has 0 atom stereocenters. The minimum absolute atomic E-state index is 0.0203. The quantitative estimate of drug-likeness (QED) is 0.485. The number of rotatable bonds is 5. The molecule has 1 aliphatic heterocycles. The molecule has 0 bridgehead atoms. The van der Waals surface area contributed by atoms with Crippen molar-refractivity contribution in [2.45, 2.75) is 19.4 Å². The summed E-state index contributed by atoms with van der Waals surface area (Å²) in [4.78, 5) is 19.2. The zero-order chi connectivity index (χ0) is 20.2. The van der Waals surface area contributed by atoms with Gasteiger partial charge in [0.2, 0.25) is 17.6 Å². The minimum atomic E-state index is 0.0203.